The molecule has 0 bridgehead atoms. The van der Waals surface area contributed by atoms with Crippen molar-refractivity contribution in [3.8, 4) is 0 Å². The van der Waals surface area contributed by atoms with Gasteiger partial charge in [0.2, 0.25) is 5.95 Å². The zero-order valence-electron chi connectivity index (χ0n) is 14.4. The molecular weight excluding hydrogens is 324 g/mol. The number of hydrogen-bond acceptors (Lipinski definition) is 4. The second-order valence-electron chi connectivity index (χ2n) is 5.94. The number of rotatable bonds is 4. The summed E-state index contributed by atoms with van der Waals surface area (Å²) >= 11 is 0. The third-order valence-electron chi connectivity index (χ3n) is 4.37. The van der Waals surface area contributed by atoms with Crippen LogP contribution in [0.15, 0.2) is 76.6 Å². The molecule has 0 atom stereocenters. The van der Waals surface area contributed by atoms with Crippen molar-refractivity contribution in [2.45, 2.75) is 13.5 Å². The number of hydrazone groups is 1. The summed E-state index contributed by atoms with van der Waals surface area (Å²) in [7, 11) is 0. The van der Waals surface area contributed by atoms with Crippen LogP contribution in [0.4, 0.5) is 5.95 Å². The molecule has 0 saturated heterocycles. The summed E-state index contributed by atoms with van der Waals surface area (Å²) in [6, 6.07) is 21.6. The number of hydrogen-bond donors (Lipinski definition) is 1. The standard InChI is InChI=1S/C21H18N4O/c1-2-25-20(26)18-12-5-6-13-19(18)23-21(25)24-22-14-16-10-7-9-15-8-3-4-11-17(15)16/h3-14H,2H2,1H3,(H,23,24)/b22-14-. The third kappa shape index (κ3) is 2.84. The van der Waals surface area contributed by atoms with E-state index >= 15 is 0 Å². The van der Waals surface area contributed by atoms with Crippen molar-refractivity contribution in [1.29, 1.82) is 0 Å². The normalized spacial score (nSPS) is 11.4. The van der Waals surface area contributed by atoms with E-state index in [4.69, 9.17) is 0 Å². The summed E-state index contributed by atoms with van der Waals surface area (Å²) in [6.07, 6.45) is 1.75. The first-order valence-corrected chi connectivity index (χ1v) is 8.54. The highest BCUT2D eigenvalue weighted by Crippen LogP contribution is 2.17. The number of fused-ring (bicyclic) bond motifs is 2. The molecule has 0 saturated carbocycles. The molecule has 5 heteroatoms. The van der Waals surface area contributed by atoms with Gasteiger partial charge in [-0.3, -0.25) is 9.36 Å². The zero-order valence-corrected chi connectivity index (χ0v) is 14.4. The topological polar surface area (TPSA) is 59.3 Å². The van der Waals surface area contributed by atoms with Crippen molar-refractivity contribution in [2.24, 2.45) is 5.10 Å². The molecule has 0 spiro atoms. The fourth-order valence-electron chi connectivity index (χ4n) is 3.07. The van der Waals surface area contributed by atoms with Crippen LogP contribution in [0.1, 0.15) is 12.5 Å². The number of para-hydroxylation sites is 1. The first-order chi connectivity index (χ1) is 12.8. The molecule has 0 fully saturated rings. The highest BCUT2D eigenvalue weighted by Gasteiger charge is 2.08. The SMILES string of the molecule is CCn1c(N/N=C\c2cccc3ccccc23)nc2ccccc2c1=O. The molecule has 0 unspecified atom stereocenters. The second-order valence-corrected chi connectivity index (χ2v) is 5.94. The van der Waals surface area contributed by atoms with Gasteiger partial charge in [0.05, 0.1) is 17.1 Å². The molecule has 1 N–H and O–H groups in total. The summed E-state index contributed by atoms with van der Waals surface area (Å²) in [4.78, 5) is 17.2. The van der Waals surface area contributed by atoms with Gasteiger partial charge in [-0.1, -0.05) is 54.6 Å². The highest BCUT2D eigenvalue weighted by molar-refractivity contribution is 5.99. The van der Waals surface area contributed by atoms with E-state index < -0.39 is 0 Å². The largest absolute Gasteiger partial charge is 0.277 e. The third-order valence-corrected chi connectivity index (χ3v) is 4.37. The molecule has 5 nitrogen and oxygen atoms in total. The van der Waals surface area contributed by atoms with Gasteiger partial charge in [-0.25, -0.2) is 10.4 Å². The zero-order chi connectivity index (χ0) is 17.9. The minimum atomic E-state index is -0.0686. The lowest BCUT2D eigenvalue weighted by Crippen LogP contribution is -2.23. The van der Waals surface area contributed by atoms with Crippen LogP contribution in [0.2, 0.25) is 0 Å². The summed E-state index contributed by atoms with van der Waals surface area (Å²) in [5, 5.41) is 7.21. The molecule has 1 heterocycles. The second kappa shape index (κ2) is 6.80. The Morgan fingerprint density at radius 3 is 2.58 bits per heavy atom. The molecule has 128 valence electrons. The number of benzene rings is 3. The van der Waals surface area contributed by atoms with Crippen molar-refractivity contribution >= 4 is 33.8 Å². The summed E-state index contributed by atoms with van der Waals surface area (Å²) in [5.41, 5.74) is 4.52. The average Bonchev–Trinajstić information content (AvgIpc) is 2.68. The van der Waals surface area contributed by atoms with Gasteiger partial charge in [-0.15, -0.1) is 0 Å². The molecule has 4 aromatic rings. The van der Waals surface area contributed by atoms with Gasteiger partial charge >= 0.3 is 0 Å². The molecule has 4 rings (SSSR count). The van der Waals surface area contributed by atoms with Crippen LogP contribution < -0.4 is 11.0 Å². The first-order valence-electron chi connectivity index (χ1n) is 8.54. The van der Waals surface area contributed by atoms with Gasteiger partial charge in [-0.2, -0.15) is 5.10 Å². The Bertz CT molecular complexity index is 1170. The van der Waals surface area contributed by atoms with E-state index in [9.17, 15) is 4.79 Å². The van der Waals surface area contributed by atoms with Crippen molar-refractivity contribution in [1.82, 2.24) is 9.55 Å². The number of nitrogens with one attached hydrogen (secondary N) is 1. The molecule has 1 aromatic heterocycles. The fourth-order valence-corrected chi connectivity index (χ4v) is 3.07. The van der Waals surface area contributed by atoms with Gasteiger partial charge in [0.25, 0.3) is 5.56 Å². The minimum absolute atomic E-state index is 0.0686. The Labute approximate surface area is 150 Å². The number of nitrogens with zero attached hydrogens (tertiary/aromatic N) is 3. The Balaban J connectivity index is 1.71. The molecule has 0 aliphatic heterocycles. The van der Waals surface area contributed by atoms with Gasteiger partial charge in [0.15, 0.2) is 0 Å². The smallest absolute Gasteiger partial charge is 0.262 e. The van der Waals surface area contributed by atoms with Crippen molar-refractivity contribution in [3.05, 3.63) is 82.6 Å². The van der Waals surface area contributed by atoms with Crippen LogP contribution in [0, 0.1) is 0 Å². The lowest BCUT2D eigenvalue weighted by Gasteiger charge is -2.10. The van der Waals surface area contributed by atoms with Crippen LogP contribution in [0.3, 0.4) is 0 Å². The summed E-state index contributed by atoms with van der Waals surface area (Å²) < 4.78 is 1.59. The number of aromatic nitrogens is 2. The maximum absolute atomic E-state index is 12.6. The molecule has 0 radical (unpaired) electrons. The lowest BCUT2D eigenvalue weighted by molar-refractivity contribution is 0.724. The van der Waals surface area contributed by atoms with E-state index in [0.717, 1.165) is 16.3 Å². The van der Waals surface area contributed by atoms with Gasteiger partial charge in [0.1, 0.15) is 0 Å². The van der Waals surface area contributed by atoms with E-state index in [1.165, 1.54) is 0 Å². The highest BCUT2D eigenvalue weighted by atomic mass is 16.1. The summed E-state index contributed by atoms with van der Waals surface area (Å²) in [6.45, 7) is 2.43. The maximum Gasteiger partial charge on any atom is 0.262 e. The lowest BCUT2D eigenvalue weighted by atomic mass is 10.1. The van der Waals surface area contributed by atoms with Crippen molar-refractivity contribution in [3.63, 3.8) is 0 Å². The quantitative estimate of drug-likeness (QED) is 0.450. The average molecular weight is 342 g/mol. The van der Waals surface area contributed by atoms with Gasteiger partial charge in [-0.05, 0) is 29.8 Å². The van der Waals surface area contributed by atoms with E-state index in [-0.39, 0.29) is 5.56 Å². The molecule has 26 heavy (non-hydrogen) atoms. The Morgan fingerprint density at radius 1 is 1.00 bits per heavy atom. The van der Waals surface area contributed by atoms with E-state index in [1.54, 1.807) is 16.8 Å². The van der Waals surface area contributed by atoms with Crippen LogP contribution in [0.5, 0.6) is 0 Å². The van der Waals surface area contributed by atoms with Crippen LogP contribution in [0.25, 0.3) is 21.7 Å². The molecule has 3 aromatic carbocycles. The number of anilines is 1. The van der Waals surface area contributed by atoms with Crippen LogP contribution in [-0.4, -0.2) is 15.8 Å². The fraction of sp³-hybridized carbons (Fsp3) is 0.0952. The first kappa shape index (κ1) is 16.0. The van der Waals surface area contributed by atoms with Crippen LogP contribution in [-0.2, 0) is 6.54 Å². The van der Waals surface area contributed by atoms with E-state index in [0.29, 0.717) is 23.4 Å². The molecule has 0 amide bonds. The monoisotopic (exact) mass is 342 g/mol. The van der Waals surface area contributed by atoms with E-state index in [1.807, 2.05) is 49.4 Å². The van der Waals surface area contributed by atoms with Crippen molar-refractivity contribution in [2.75, 3.05) is 5.43 Å². The van der Waals surface area contributed by atoms with Gasteiger partial charge in [0, 0.05) is 12.1 Å². The van der Waals surface area contributed by atoms with E-state index in [2.05, 4.69) is 33.7 Å². The predicted molar refractivity (Wildman–Crippen MR) is 107 cm³/mol. The molecule has 0 aliphatic rings. The Morgan fingerprint density at radius 2 is 1.73 bits per heavy atom. The maximum atomic E-state index is 12.6. The Kier molecular flexibility index (Phi) is 4.19. The van der Waals surface area contributed by atoms with Gasteiger partial charge < -0.3 is 0 Å². The molecule has 0 aliphatic carbocycles. The summed E-state index contributed by atoms with van der Waals surface area (Å²) in [5.74, 6) is 0.438. The molecular formula is C21H18N4O. The van der Waals surface area contributed by atoms with Crippen LogP contribution >= 0.6 is 0 Å². The minimum Gasteiger partial charge on any atom is -0.277 e. The Hall–Kier alpha value is -3.47. The predicted octanol–water partition coefficient (Wildman–Crippen LogP) is 4.02. The van der Waals surface area contributed by atoms with Crippen molar-refractivity contribution < 1.29 is 0 Å².